The molecule has 0 radical (unpaired) electrons. The Kier molecular flexibility index (Phi) is 3.78. The standard InChI is InChI=1S/C10H16/c1-6-7-10(8(2)3)9(4)5/h6-7H,2H2,1,3-5H3/b7-6-. The van der Waals surface area contributed by atoms with Gasteiger partial charge in [-0.05, 0) is 33.3 Å². The summed E-state index contributed by atoms with van der Waals surface area (Å²) in [5.74, 6) is 0. The minimum atomic E-state index is 1.14. The van der Waals surface area contributed by atoms with Crippen molar-refractivity contribution in [2.75, 3.05) is 0 Å². The SMILES string of the molecule is C=C(C)C(/C=C\C)=C(C)C. The molecule has 0 saturated heterocycles. The molecule has 0 atom stereocenters. The van der Waals surface area contributed by atoms with Gasteiger partial charge in [0.2, 0.25) is 0 Å². The van der Waals surface area contributed by atoms with Crippen LogP contribution < -0.4 is 0 Å². The molecule has 0 aromatic carbocycles. The number of hydrogen-bond donors (Lipinski definition) is 0. The van der Waals surface area contributed by atoms with E-state index in [1.54, 1.807) is 0 Å². The summed E-state index contributed by atoms with van der Waals surface area (Å²) in [4.78, 5) is 0. The molecule has 0 heterocycles. The molecule has 0 aromatic rings. The second-order valence-corrected chi connectivity index (χ2v) is 2.69. The Morgan fingerprint density at radius 3 is 1.80 bits per heavy atom. The molecule has 0 unspecified atom stereocenters. The van der Waals surface area contributed by atoms with Crippen LogP contribution in [0.2, 0.25) is 0 Å². The quantitative estimate of drug-likeness (QED) is 0.510. The molecule has 0 spiro atoms. The fourth-order valence-electron chi connectivity index (χ4n) is 0.902. The first kappa shape index (κ1) is 9.22. The molecule has 0 aliphatic carbocycles. The van der Waals surface area contributed by atoms with Crippen LogP contribution >= 0.6 is 0 Å². The van der Waals surface area contributed by atoms with Gasteiger partial charge in [0.05, 0.1) is 0 Å². The molecule has 56 valence electrons. The van der Waals surface area contributed by atoms with Gasteiger partial charge in [0.15, 0.2) is 0 Å². The molecule has 10 heavy (non-hydrogen) atoms. The Labute approximate surface area is 64.0 Å². The van der Waals surface area contributed by atoms with E-state index in [-0.39, 0.29) is 0 Å². The summed E-state index contributed by atoms with van der Waals surface area (Å²) in [6.07, 6.45) is 4.13. The number of allylic oxidation sites excluding steroid dienone is 5. The van der Waals surface area contributed by atoms with E-state index in [2.05, 4.69) is 26.5 Å². The van der Waals surface area contributed by atoms with Crippen LogP contribution in [0.15, 0.2) is 35.5 Å². The maximum absolute atomic E-state index is 3.89. The van der Waals surface area contributed by atoms with Crippen molar-refractivity contribution in [3.05, 3.63) is 35.5 Å². The fourth-order valence-corrected chi connectivity index (χ4v) is 0.902. The average Bonchev–Trinajstić information content (AvgIpc) is 1.81. The lowest BCUT2D eigenvalue weighted by Crippen LogP contribution is -1.81. The van der Waals surface area contributed by atoms with Crippen molar-refractivity contribution in [3.8, 4) is 0 Å². The van der Waals surface area contributed by atoms with E-state index in [1.165, 1.54) is 11.1 Å². The summed E-state index contributed by atoms with van der Waals surface area (Å²) in [7, 11) is 0. The van der Waals surface area contributed by atoms with Crippen LogP contribution in [-0.4, -0.2) is 0 Å². The molecule has 0 N–H and O–H groups in total. The largest absolute Gasteiger partial charge is 0.0955 e. The first-order valence-electron chi connectivity index (χ1n) is 3.55. The summed E-state index contributed by atoms with van der Waals surface area (Å²) in [6.45, 7) is 12.1. The third kappa shape index (κ3) is 2.67. The highest BCUT2D eigenvalue weighted by molar-refractivity contribution is 5.39. The van der Waals surface area contributed by atoms with Crippen LogP contribution in [0.4, 0.5) is 0 Å². The summed E-state index contributed by atoms with van der Waals surface area (Å²) < 4.78 is 0. The van der Waals surface area contributed by atoms with E-state index >= 15 is 0 Å². The predicted molar refractivity (Wildman–Crippen MR) is 48.0 cm³/mol. The van der Waals surface area contributed by atoms with Gasteiger partial charge >= 0.3 is 0 Å². The van der Waals surface area contributed by atoms with Gasteiger partial charge in [0, 0.05) is 0 Å². The molecule has 0 aromatic heterocycles. The number of hydrogen-bond acceptors (Lipinski definition) is 0. The highest BCUT2D eigenvalue weighted by Crippen LogP contribution is 2.13. The van der Waals surface area contributed by atoms with Crippen molar-refractivity contribution in [2.45, 2.75) is 27.7 Å². The van der Waals surface area contributed by atoms with E-state index in [9.17, 15) is 0 Å². The second kappa shape index (κ2) is 4.10. The van der Waals surface area contributed by atoms with Gasteiger partial charge in [-0.3, -0.25) is 0 Å². The smallest absolute Gasteiger partial charge is 0.0250 e. The Morgan fingerprint density at radius 1 is 1.20 bits per heavy atom. The van der Waals surface area contributed by atoms with Crippen molar-refractivity contribution < 1.29 is 0 Å². The van der Waals surface area contributed by atoms with Crippen LogP contribution in [0, 0.1) is 0 Å². The zero-order valence-electron chi connectivity index (χ0n) is 7.36. The summed E-state index contributed by atoms with van der Waals surface area (Å²) in [5.41, 5.74) is 3.73. The van der Waals surface area contributed by atoms with Crippen LogP contribution in [0.25, 0.3) is 0 Å². The van der Waals surface area contributed by atoms with Gasteiger partial charge in [-0.2, -0.15) is 0 Å². The maximum atomic E-state index is 3.89. The van der Waals surface area contributed by atoms with Crippen LogP contribution in [0.1, 0.15) is 27.7 Å². The van der Waals surface area contributed by atoms with Crippen molar-refractivity contribution in [1.29, 1.82) is 0 Å². The summed E-state index contributed by atoms with van der Waals surface area (Å²) in [6, 6.07) is 0. The molecular weight excluding hydrogens is 120 g/mol. The lowest BCUT2D eigenvalue weighted by molar-refractivity contribution is 1.29. The fraction of sp³-hybridized carbons (Fsp3) is 0.400. The maximum Gasteiger partial charge on any atom is -0.0250 e. The topological polar surface area (TPSA) is 0 Å². The molecule has 0 amide bonds. The van der Waals surface area contributed by atoms with Gasteiger partial charge in [-0.1, -0.05) is 29.9 Å². The van der Waals surface area contributed by atoms with Crippen LogP contribution in [0.3, 0.4) is 0 Å². The van der Waals surface area contributed by atoms with Gasteiger partial charge in [0.1, 0.15) is 0 Å². The first-order valence-corrected chi connectivity index (χ1v) is 3.55. The second-order valence-electron chi connectivity index (χ2n) is 2.69. The van der Waals surface area contributed by atoms with Gasteiger partial charge in [-0.15, -0.1) is 0 Å². The highest BCUT2D eigenvalue weighted by atomic mass is 14.0. The molecule has 0 heteroatoms. The minimum absolute atomic E-state index is 1.14. The van der Waals surface area contributed by atoms with Crippen LogP contribution in [-0.2, 0) is 0 Å². The normalized spacial score (nSPS) is 10.0. The van der Waals surface area contributed by atoms with Crippen LogP contribution in [0.5, 0.6) is 0 Å². The van der Waals surface area contributed by atoms with Crippen molar-refractivity contribution in [1.82, 2.24) is 0 Å². The van der Waals surface area contributed by atoms with Gasteiger partial charge in [-0.25, -0.2) is 0 Å². The monoisotopic (exact) mass is 136 g/mol. The Morgan fingerprint density at radius 2 is 1.70 bits per heavy atom. The van der Waals surface area contributed by atoms with E-state index < -0.39 is 0 Å². The molecule has 0 saturated carbocycles. The summed E-state index contributed by atoms with van der Waals surface area (Å²) in [5, 5.41) is 0. The third-order valence-electron chi connectivity index (χ3n) is 1.33. The van der Waals surface area contributed by atoms with E-state index in [0.717, 1.165) is 5.57 Å². The molecule has 0 nitrogen and oxygen atoms in total. The summed E-state index contributed by atoms with van der Waals surface area (Å²) >= 11 is 0. The molecule has 0 rings (SSSR count). The van der Waals surface area contributed by atoms with E-state index in [0.29, 0.717) is 0 Å². The van der Waals surface area contributed by atoms with Crippen molar-refractivity contribution >= 4 is 0 Å². The van der Waals surface area contributed by atoms with Gasteiger partial charge < -0.3 is 0 Å². The third-order valence-corrected chi connectivity index (χ3v) is 1.33. The Hall–Kier alpha value is -0.780. The van der Waals surface area contributed by atoms with E-state index in [4.69, 9.17) is 0 Å². The minimum Gasteiger partial charge on any atom is -0.0955 e. The lowest BCUT2D eigenvalue weighted by atomic mass is 10.0. The van der Waals surface area contributed by atoms with Crippen molar-refractivity contribution in [3.63, 3.8) is 0 Å². The predicted octanol–water partition coefficient (Wildman–Crippen LogP) is 3.48. The highest BCUT2D eigenvalue weighted by Gasteiger charge is 1.93. The molecule has 0 aliphatic rings. The Balaban J connectivity index is 4.61. The number of rotatable bonds is 2. The zero-order valence-corrected chi connectivity index (χ0v) is 7.36. The van der Waals surface area contributed by atoms with E-state index in [1.807, 2.05) is 19.9 Å². The average molecular weight is 136 g/mol. The zero-order chi connectivity index (χ0) is 8.15. The molecular formula is C10H16. The van der Waals surface area contributed by atoms with Crippen molar-refractivity contribution in [2.24, 2.45) is 0 Å². The Bertz CT molecular complexity index is 176. The first-order chi connectivity index (χ1) is 4.59. The molecule has 0 aliphatic heterocycles. The van der Waals surface area contributed by atoms with Gasteiger partial charge in [0.25, 0.3) is 0 Å². The molecule has 0 fully saturated rings. The lowest BCUT2D eigenvalue weighted by Gasteiger charge is -2.02. The molecule has 0 bridgehead atoms.